The van der Waals surface area contributed by atoms with Crippen LogP contribution in [0.3, 0.4) is 0 Å². The van der Waals surface area contributed by atoms with Crippen LogP contribution in [-0.2, 0) is 42.6 Å². The zero-order chi connectivity index (χ0) is 79.5. The molecule has 2 atom stereocenters. The van der Waals surface area contributed by atoms with Crippen LogP contribution >= 0.6 is 0 Å². The summed E-state index contributed by atoms with van der Waals surface area (Å²) in [5.41, 5.74) is 39.6. The first kappa shape index (κ1) is 72.4. The molecule has 6 heteroatoms. The fourth-order valence-electron chi connectivity index (χ4n) is 20.1. The molecule has 0 N–H and O–H groups in total. The van der Waals surface area contributed by atoms with Crippen molar-refractivity contribution >= 4 is 43.6 Å². The van der Waals surface area contributed by atoms with Crippen LogP contribution < -0.4 is 0 Å². The minimum Gasteiger partial charge on any atom is -0.346 e. The maximum absolute atomic E-state index is 5.82. The van der Waals surface area contributed by atoms with Gasteiger partial charge in [-0.15, -0.1) is 0 Å². The predicted molar refractivity (Wildman–Crippen MR) is 488 cm³/mol. The van der Waals surface area contributed by atoms with Crippen molar-refractivity contribution in [3.8, 4) is 89.3 Å². The monoisotopic (exact) mass is 1540 g/mol. The van der Waals surface area contributed by atoms with Gasteiger partial charge in [-0.05, 0) is 226 Å². The van der Waals surface area contributed by atoms with Gasteiger partial charge in [0.25, 0.3) is 0 Å². The lowest BCUT2D eigenvalue weighted by Gasteiger charge is -2.24. The Bertz CT molecular complexity index is 6900. The lowest BCUT2D eigenvalue weighted by molar-refractivity contribution is -0.0443. The highest BCUT2D eigenvalue weighted by Crippen LogP contribution is 2.53. The number of aromatic nitrogens is 2. The van der Waals surface area contributed by atoms with Crippen molar-refractivity contribution in [3.63, 3.8) is 0 Å². The highest BCUT2D eigenvalue weighted by atomic mass is 16.7. The fraction of sp³-hybridized carbons (Fsp3) is 0.150. The van der Waals surface area contributed by atoms with Gasteiger partial charge in [-0.1, -0.05) is 319 Å². The van der Waals surface area contributed by atoms with Crippen molar-refractivity contribution in [3.05, 3.63) is 431 Å². The highest BCUT2D eigenvalue weighted by Gasteiger charge is 2.38. The quantitative estimate of drug-likeness (QED) is 0.0859. The second kappa shape index (κ2) is 29.5. The first-order valence-corrected chi connectivity index (χ1v) is 42.3. The van der Waals surface area contributed by atoms with Crippen LogP contribution in [0.4, 0.5) is 0 Å². The molecule has 6 nitrogen and oxygen atoms in total. The topological polar surface area (TPSA) is 46.8 Å². The molecular formula is C113H90N2O4. The normalized spacial score (nSPS) is 15.2. The molecule has 0 amide bonds. The first-order valence-electron chi connectivity index (χ1n) is 42.3. The van der Waals surface area contributed by atoms with Crippen LogP contribution in [0, 0.1) is 0 Å². The molecule has 0 spiro atoms. The molecule has 2 unspecified atom stereocenters. The SMILES string of the molecule is CC1(C)c2ccccc2-c2ccc(C(CCc3ccc(-c4ccc5c(c4)c4cc(-c6ccc7c(c6)c6cc(-c8ccc(CC(c9ccc(-c%10ccc(C%11OCCO%11)cc%10)cc9)c9ccc%10c(c9)C(C)(C)c9ccccc9-%10)cc8)ccc6n7-c6ccccc6)ccc4n5-c4ccccc4)cc3)c3ccc(-c4ccc(C5OCCO5)cc4)cc3)cc21. The average Bonchev–Trinajstić information content (AvgIpc) is 1.59. The lowest BCUT2D eigenvalue weighted by Crippen LogP contribution is -2.16. The maximum Gasteiger partial charge on any atom is 0.184 e. The van der Waals surface area contributed by atoms with Crippen molar-refractivity contribution in [2.75, 3.05) is 26.4 Å². The summed E-state index contributed by atoms with van der Waals surface area (Å²) in [7, 11) is 0. The zero-order valence-electron chi connectivity index (χ0n) is 67.4. The Balaban J connectivity index is 0.572. The first-order chi connectivity index (χ1) is 58.4. The van der Waals surface area contributed by atoms with Crippen LogP contribution in [0.15, 0.2) is 364 Å². The van der Waals surface area contributed by atoms with E-state index in [0.29, 0.717) is 26.4 Å². The number of hydrogen-bond acceptors (Lipinski definition) is 4. The summed E-state index contributed by atoms with van der Waals surface area (Å²) >= 11 is 0. The van der Waals surface area contributed by atoms with Gasteiger partial charge in [-0.2, -0.15) is 0 Å². The summed E-state index contributed by atoms with van der Waals surface area (Å²) in [6.45, 7) is 12.1. The molecule has 2 aliphatic carbocycles. The predicted octanol–water partition coefficient (Wildman–Crippen LogP) is 28.1. The lowest BCUT2D eigenvalue weighted by atomic mass is 9.79. The second-order valence-electron chi connectivity index (χ2n) is 34.1. The van der Waals surface area contributed by atoms with Gasteiger partial charge in [0.2, 0.25) is 0 Å². The summed E-state index contributed by atoms with van der Waals surface area (Å²) in [6, 6.07) is 137. The van der Waals surface area contributed by atoms with Crippen molar-refractivity contribution in [1.29, 1.82) is 0 Å². The number of benzene rings is 16. The summed E-state index contributed by atoms with van der Waals surface area (Å²) in [5, 5.41) is 4.86. The van der Waals surface area contributed by atoms with E-state index < -0.39 is 0 Å². The van der Waals surface area contributed by atoms with E-state index in [1.165, 1.54) is 177 Å². The van der Waals surface area contributed by atoms with Gasteiger partial charge < -0.3 is 28.1 Å². The summed E-state index contributed by atoms with van der Waals surface area (Å²) in [4.78, 5) is 0. The highest BCUT2D eigenvalue weighted by molar-refractivity contribution is 6.14. The molecular weight excluding hydrogens is 1450 g/mol. The molecule has 119 heavy (non-hydrogen) atoms. The van der Waals surface area contributed by atoms with Gasteiger partial charge in [0.1, 0.15) is 0 Å². The third kappa shape index (κ3) is 12.9. The smallest absolute Gasteiger partial charge is 0.184 e. The zero-order valence-corrected chi connectivity index (χ0v) is 67.4. The van der Waals surface area contributed by atoms with E-state index in [9.17, 15) is 0 Å². The molecule has 2 fully saturated rings. The van der Waals surface area contributed by atoms with Gasteiger partial charge in [0.05, 0.1) is 48.5 Å². The van der Waals surface area contributed by atoms with E-state index in [1.807, 2.05) is 0 Å². The molecule has 2 saturated heterocycles. The maximum atomic E-state index is 5.82. The molecule has 4 heterocycles. The Labute approximate surface area is 695 Å². The standard InChI is InChI=1S/C113H90N2O4/c1-112(2)102-21-13-11-19-93(102)95-55-48-88(70-104(95)112)92(80-40-32-74(33-41-80)76-36-44-82(45-37-76)110-116-61-62-117-110)54-27-72-23-28-78(29-24-72)84-50-57-106-98(66-84)100-68-86(52-59-108(100)114(106)90-15-7-5-8-16-90)87-53-60-109-101(69-87)99-67-85(51-58-107(99)115(109)91-17-9-6-10-18-91)79-30-25-73(26-31-79)65-97(89-49-56-96-94-20-12-14-22-103(94)113(3,4)105(96)71-89)81-42-34-75(35-43-81)77-38-46-83(47-39-77)111-118-63-64-119-111/h5-26,28-53,55-60,66-71,92,97,110-111H,27,54,61-65H2,1-4H3. The van der Waals surface area contributed by atoms with Crippen LogP contribution in [0.25, 0.3) is 133 Å². The van der Waals surface area contributed by atoms with Gasteiger partial charge >= 0.3 is 0 Å². The van der Waals surface area contributed by atoms with E-state index in [2.05, 4.69) is 401 Å². The Hall–Kier alpha value is -13.0. The molecule has 18 aromatic rings. The summed E-state index contributed by atoms with van der Waals surface area (Å²) < 4.78 is 28.1. The van der Waals surface area contributed by atoms with E-state index in [1.54, 1.807) is 0 Å². The fourth-order valence-corrected chi connectivity index (χ4v) is 20.1. The van der Waals surface area contributed by atoms with Crippen molar-refractivity contribution in [1.82, 2.24) is 9.13 Å². The molecule has 0 radical (unpaired) electrons. The van der Waals surface area contributed by atoms with E-state index >= 15 is 0 Å². The second-order valence-corrected chi connectivity index (χ2v) is 34.1. The van der Waals surface area contributed by atoms with Crippen LogP contribution in [0.1, 0.15) is 125 Å². The number of fused-ring (bicyclic) bond motifs is 12. The van der Waals surface area contributed by atoms with Gasteiger partial charge in [-0.3, -0.25) is 0 Å². The van der Waals surface area contributed by atoms with Crippen LogP contribution in [0.2, 0.25) is 0 Å². The van der Waals surface area contributed by atoms with Crippen molar-refractivity contribution in [2.24, 2.45) is 0 Å². The molecule has 0 bridgehead atoms. The number of nitrogens with zero attached hydrogens (tertiary/aromatic N) is 2. The van der Waals surface area contributed by atoms with Gasteiger partial charge in [0.15, 0.2) is 12.6 Å². The van der Waals surface area contributed by atoms with Crippen LogP contribution in [-0.4, -0.2) is 35.6 Å². The molecule has 576 valence electrons. The van der Waals surface area contributed by atoms with Crippen molar-refractivity contribution in [2.45, 2.75) is 82.2 Å². The van der Waals surface area contributed by atoms with Gasteiger partial charge in [0, 0.05) is 66.7 Å². The molecule has 2 aromatic heterocycles. The third-order valence-corrected chi connectivity index (χ3v) is 26.6. The molecule has 22 rings (SSSR count). The van der Waals surface area contributed by atoms with Crippen molar-refractivity contribution < 1.29 is 18.9 Å². The largest absolute Gasteiger partial charge is 0.346 e. The number of hydrogen-bond donors (Lipinski definition) is 0. The molecule has 2 aliphatic heterocycles. The van der Waals surface area contributed by atoms with E-state index in [0.717, 1.165) is 41.8 Å². The summed E-state index contributed by atoms with van der Waals surface area (Å²) in [6.07, 6.45) is 2.16. The van der Waals surface area contributed by atoms with Gasteiger partial charge in [-0.25, -0.2) is 0 Å². The number of aryl methyl sites for hydroxylation is 1. The minimum atomic E-state index is -0.292. The molecule has 0 saturated carbocycles. The Morgan fingerprint density at radius 1 is 0.269 bits per heavy atom. The molecule has 16 aromatic carbocycles. The average molecular weight is 1540 g/mol. The Kier molecular flexibility index (Phi) is 18.0. The Morgan fingerprint density at radius 3 is 0.975 bits per heavy atom. The summed E-state index contributed by atoms with van der Waals surface area (Å²) in [5.74, 6) is 0.302. The van der Waals surface area contributed by atoms with E-state index in [-0.39, 0.29) is 35.2 Å². The number of rotatable bonds is 18. The van der Waals surface area contributed by atoms with E-state index in [4.69, 9.17) is 18.9 Å². The van der Waals surface area contributed by atoms with Crippen LogP contribution in [0.5, 0.6) is 0 Å². The minimum absolute atomic E-state index is 0.0972. The number of para-hydroxylation sites is 2. The Morgan fingerprint density at radius 2 is 0.571 bits per heavy atom. The third-order valence-electron chi connectivity index (χ3n) is 26.6. The number of ether oxygens (including phenoxy) is 4. The molecule has 4 aliphatic rings.